The molecule has 2 aliphatic rings. The molecule has 10 nitrogen and oxygen atoms in total. The quantitative estimate of drug-likeness (QED) is 0.374. The van der Waals surface area contributed by atoms with Gasteiger partial charge in [-0.15, -0.1) is 23.2 Å². The van der Waals surface area contributed by atoms with E-state index < -0.39 is 54.5 Å². The van der Waals surface area contributed by atoms with Crippen molar-refractivity contribution in [2.45, 2.75) is 90.7 Å². The Morgan fingerprint density at radius 3 is 2.42 bits per heavy atom. The van der Waals surface area contributed by atoms with Crippen LogP contribution in [0, 0.1) is 0 Å². The average molecular weight is 632 g/mol. The Labute approximate surface area is 242 Å². The second-order valence-corrected chi connectivity index (χ2v) is 14.7. The fourth-order valence-corrected chi connectivity index (χ4v) is 7.29. The minimum atomic E-state index is -4.07. The van der Waals surface area contributed by atoms with Crippen molar-refractivity contribution < 1.29 is 27.4 Å². The molecule has 0 aliphatic carbocycles. The lowest BCUT2D eigenvalue weighted by Crippen LogP contribution is -2.59. The van der Waals surface area contributed by atoms with Crippen LogP contribution in [-0.2, 0) is 28.8 Å². The topological polar surface area (TPSA) is 115 Å². The summed E-state index contributed by atoms with van der Waals surface area (Å²) in [6.45, 7) is 7.24. The molecule has 0 N–H and O–H groups in total. The predicted octanol–water partition coefficient (Wildman–Crippen LogP) is 4.28. The highest BCUT2D eigenvalue weighted by molar-refractivity contribution is 7.91. The number of rotatable bonds is 9. The van der Waals surface area contributed by atoms with Gasteiger partial charge in [0, 0.05) is 0 Å². The summed E-state index contributed by atoms with van der Waals surface area (Å²) in [5, 5.41) is 9.35. The van der Waals surface area contributed by atoms with Crippen molar-refractivity contribution in [2.24, 2.45) is 0 Å². The van der Waals surface area contributed by atoms with Crippen LogP contribution in [0.3, 0.4) is 0 Å². The third-order valence-corrected chi connectivity index (χ3v) is 9.59. The second kappa shape index (κ2) is 11.3. The van der Waals surface area contributed by atoms with E-state index in [4.69, 9.17) is 65.4 Å². The van der Waals surface area contributed by atoms with Crippen LogP contribution in [0.4, 0.5) is 0 Å². The Bertz CT molecular complexity index is 1210. The summed E-state index contributed by atoms with van der Waals surface area (Å²) in [7, 11) is -4.07. The third kappa shape index (κ3) is 6.92. The SMILES string of the molecule is CC1(C)O[C@@H](CS(=O)(=O)c2nnnn2-c2ccccc2)[C@H](Cl)[C@H](C(Cl)(Cl)CC[C@@H](Cl)[C@H]2COC(C)(C)O2)O1. The van der Waals surface area contributed by atoms with Crippen molar-refractivity contribution in [2.75, 3.05) is 12.4 Å². The minimum absolute atomic E-state index is 0.195. The standard InChI is InChI=1S/C23H30Cl4N4O6S/c1-21(2)34-12-16(35-21)15(24)10-11-23(26,27)19-18(25)17(36-22(3,4)37-19)13-38(32,33)20-28-29-30-31(20)14-8-6-5-7-9-14/h5-9,15-19H,10-13H2,1-4H3/t15-,16-,17+,18+,19-/m1/s1. The van der Waals surface area contributed by atoms with Gasteiger partial charge in [-0.25, -0.2) is 8.42 Å². The van der Waals surface area contributed by atoms with Crippen molar-refractivity contribution in [1.82, 2.24) is 20.2 Å². The van der Waals surface area contributed by atoms with Crippen LogP contribution in [0.1, 0.15) is 40.5 Å². The number of sulfone groups is 1. The molecule has 2 fully saturated rings. The Morgan fingerprint density at radius 1 is 1.11 bits per heavy atom. The van der Waals surface area contributed by atoms with Crippen LogP contribution < -0.4 is 0 Å². The van der Waals surface area contributed by atoms with Crippen molar-refractivity contribution in [3.05, 3.63) is 30.3 Å². The van der Waals surface area contributed by atoms with E-state index in [2.05, 4.69) is 15.5 Å². The molecule has 2 saturated heterocycles. The van der Waals surface area contributed by atoms with E-state index in [1.54, 1.807) is 44.2 Å². The molecule has 0 unspecified atom stereocenters. The van der Waals surface area contributed by atoms with Crippen LogP contribution in [-0.4, -0.2) is 86.0 Å². The van der Waals surface area contributed by atoms with Crippen LogP contribution in [0.25, 0.3) is 5.69 Å². The van der Waals surface area contributed by atoms with Gasteiger partial charge in [0.2, 0.25) is 9.84 Å². The number of hydrogen-bond donors (Lipinski definition) is 0. The smallest absolute Gasteiger partial charge is 0.272 e. The van der Waals surface area contributed by atoms with Crippen molar-refractivity contribution in [1.29, 1.82) is 0 Å². The van der Waals surface area contributed by atoms with Gasteiger partial charge in [0.25, 0.3) is 5.16 Å². The number of para-hydroxylation sites is 1. The van der Waals surface area contributed by atoms with E-state index in [1.165, 1.54) is 0 Å². The lowest BCUT2D eigenvalue weighted by Gasteiger charge is -2.47. The van der Waals surface area contributed by atoms with E-state index in [-0.39, 0.29) is 17.7 Å². The van der Waals surface area contributed by atoms with E-state index in [0.29, 0.717) is 18.7 Å². The summed E-state index contributed by atoms with van der Waals surface area (Å²) < 4.78 is 49.8. The van der Waals surface area contributed by atoms with Gasteiger partial charge < -0.3 is 18.9 Å². The zero-order chi connectivity index (χ0) is 27.9. The number of ether oxygens (including phenoxy) is 4. The molecule has 15 heteroatoms. The molecule has 2 aromatic rings. The highest BCUT2D eigenvalue weighted by Crippen LogP contribution is 2.44. The van der Waals surface area contributed by atoms with Crippen LogP contribution in [0.2, 0.25) is 0 Å². The monoisotopic (exact) mass is 630 g/mol. The van der Waals surface area contributed by atoms with Crippen LogP contribution >= 0.6 is 46.4 Å². The molecule has 3 heterocycles. The van der Waals surface area contributed by atoms with Gasteiger partial charge in [-0.3, -0.25) is 0 Å². The van der Waals surface area contributed by atoms with Crippen LogP contribution in [0.15, 0.2) is 35.5 Å². The minimum Gasteiger partial charge on any atom is -0.348 e. The average Bonchev–Trinajstić information content (AvgIpc) is 3.47. The third-order valence-electron chi connectivity index (χ3n) is 6.20. The number of hydrogen-bond acceptors (Lipinski definition) is 9. The summed E-state index contributed by atoms with van der Waals surface area (Å²) in [6, 6.07) is 8.66. The van der Waals surface area contributed by atoms with Gasteiger partial charge >= 0.3 is 0 Å². The number of alkyl halides is 4. The summed E-state index contributed by atoms with van der Waals surface area (Å²) >= 11 is 26.9. The Balaban J connectivity index is 1.49. The summed E-state index contributed by atoms with van der Waals surface area (Å²) in [6.07, 6.45) is -1.78. The first kappa shape index (κ1) is 30.2. The summed E-state index contributed by atoms with van der Waals surface area (Å²) in [5.41, 5.74) is 0.487. The second-order valence-electron chi connectivity index (χ2n) is 10.2. The van der Waals surface area contributed by atoms with Gasteiger partial charge in [0.1, 0.15) is 16.5 Å². The summed E-state index contributed by atoms with van der Waals surface area (Å²) in [5.74, 6) is -2.48. The molecule has 1 aromatic heterocycles. The molecular formula is C23H30Cl4N4O6S. The van der Waals surface area contributed by atoms with Gasteiger partial charge in [-0.2, -0.15) is 4.68 Å². The lowest BCUT2D eigenvalue weighted by molar-refractivity contribution is -0.295. The van der Waals surface area contributed by atoms with Crippen molar-refractivity contribution in [3.8, 4) is 5.69 Å². The molecule has 212 valence electrons. The van der Waals surface area contributed by atoms with Crippen molar-refractivity contribution in [3.63, 3.8) is 0 Å². The number of halogens is 4. The van der Waals surface area contributed by atoms with Crippen LogP contribution in [0.5, 0.6) is 0 Å². The number of nitrogens with zero attached hydrogens (tertiary/aromatic N) is 4. The maximum Gasteiger partial charge on any atom is 0.272 e. The Morgan fingerprint density at radius 2 is 1.79 bits per heavy atom. The number of benzene rings is 1. The van der Waals surface area contributed by atoms with Gasteiger partial charge in [0.05, 0.1) is 34.9 Å². The Kier molecular flexibility index (Phi) is 8.94. The van der Waals surface area contributed by atoms with E-state index in [0.717, 1.165) is 4.68 Å². The highest BCUT2D eigenvalue weighted by Gasteiger charge is 2.53. The molecule has 0 bridgehead atoms. The highest BCUT2D eigenvalue weighted by atomic mass is 35.5. The molecular weight excluding hydrogens is 602 g/mol. The zero-order valence-electron chi connectivity index (χ0n) is 21.3. The van der Waals surface area contributed by atoms with Gasteiger partial charge in [0.15, 0.2) is 11.6 Å². The molecule has 38 heavy (non-hydrogen) atoms. The first-order valence-corrected chi connectivity index (χ1v) is 15.3. The molecule has 5 atom stereocenters. The van der Waals surface area contributed by atoms with Gasteiger partial charge in [-0.05, 0) is 63.1 Å². The molecule has 0 radical (unpaired) electrons. The largest absolute Gasteiger partial charge is 0.348 e. The van der Waals surface area contributed by atoms with Crippen molar-refractivity contribution >= 4 is 56.2 Å². The maximum atomic E-state index is 13.4. The number of tetrazole rings is 1. The number of aromatic nitrogens is 4. The normalized spacial score (nSPS) is 28.3. The Hall–Kier alpha value is -0.760. The fourth-order valence-electron chi connectivity index (χ4n) is 4.42. The zero-order valence-corrected chi connectivity index (χ0v) is 25.1. The van der Waals surface area contributed by atoms with Gasteiger partial charge in [-0.1, -0.05) is 46.5 Å². The fraction of sp³-hybridized carbons (Fsp3) is 0.696. The lowest BCUT2D eigenvalue weighted by atomic mass is 10.00. The molecule has 4 rings (SSSR count). The first-order valence-electron chi connectivity index (χ1n) is 12.0. The molecule has 0 saturated carbocycles. The molecule has 0 amide bonds. The molecule has 2 aliphatic heterocycles. The van der Waals surface area contributed by atoms with E-state index >= 15 is 0 Å². The summed E-state index contributed by atoms with van der Waals surface area (Å²) in [4.78, 5) is 0. The maximum absolute atomic E-state index is 13.4. The van der Waals surface area contributed by atoms with E-state index in [9.17, 15) is 8.42 Å². The molecule has 1 aromatic carbocycles. The molecule has 0 spiro atoms. The predicted molar refractivity (Wildman–Crippen MR) is 143 cm³/mol. The van der Waals surface area contributed by atoms with E-state index in [1.807, 2.05) is 13.8 Å². The first-order chi connectivity index (χ1) is 17.6.